The van der Waals surface area contributed by atoms with Crippen LogP contribution in [0.5, 0.6) is 0 Å². The molecule has 8 fully saturated rings. The van der Waals surface area contributed by atoms with Crippen molar-refractivity contribution in [1.29, 1.82) is 0 Å². The minimum atomic E-state index is -0.220. The Bertz CT molecular complexity index is 1190. The van der Waals surface area contributed by atoms with Crippen LogP contribution in [0.2, 0.25) is 0 Å². The Balaban J connectivity index is 0.000000101. The summed E-state index contributed by atoms with van der Waals surface area (Å²) in [6.45, 7) is 0. The fraction of sp³-hybridized carbons (Fsp3) is 0.750. The maximum absolute atomic E-state index is 12.0. The van der Waals surface area contributed by atoms with Crippen molar-refractivity contribution < 1.29 is 28.7 Å². The zero-order valence-corrected chi connectivity index (χ0v) is 21.3. The number of carbonyl (C=O) groups excluding carboxylic acids is 4. The SMILES string of the molecule is O=C1OC(=O)C2C3CC(C4=C3C3CC5CC4C3C5)C12.O=C1OC(=O)C2C3CC(C4=C3C3CC5CC4C3C5)C12. The molecule has 6 nitrogen and oxygen atoms in total. The summed E-state index contributed by atoms with van der Waals surface area (Å²) in [5.41, 5.74) is 6.58. The van der Waals surface area contributed by atoms with Crippen LogP contribution in [0.1, 0.15) is 51.4 Å². The van der Waals surface area contributed by atoms with Gasteiger partial charge in [0.15, 0.2) is 0 Å². The molecule has 38 heavy (non-hydrogen) atoms. The van der Waals surface area contributed by atoms with Gasteiger partial charge in [-0.05, 0) is 122 Å². The third-order valence-electron chi connectivity index (χ3n) is 14.5. The Morgan fingerprint density at radius 3 is 0.921 bits per heavy atom. The molecular formula is C32H32O6. The lowest BCUT2D eigenvalue weighted by Gasteiger charge is -2.25. The average Bonchev–Trinajstić information content (AvgIpc) is 3.70. The number of hydrogen-bond acceptors (Lipinski definition) is 6. The maximum atomic E-state index is 12.0. The molecule has 12 rings (SSSR count). The van der Waals surface area contributed by atoms with Crippen molar-refractivity contribution >= 4 is 23.9 Å². The van der Waals surface area contributed by atoms with E-state index in [9.17, 15) is 19.2 Å². The first-order chi connectivity index (χ1) is 18.5. The van der Waals surface area contributed by atoms with E-state index in [1.54, 1.807) is 22.3 Å². The summed E-state index contributed by atoms with van der Waals surface area (Å²) in [4.78, 5) is 47.9. The van der Waals surface area contributed by atoms with E-state index in [1.165, 1.54) is 38.5 Å². The van der Waals surface area contributed by atoms with Crippen molar-refractivity contribution in [1.82, 2.24) is 0 Å². The molecule has 2 saturated heterocycles. The first-order valence-corrected chi connectivity index (χ1v) is 15.5. The van der Waals surface area contributed by atoms with Gasteiger partial charge in [0, 0.05) is 0 Å². The van der Waals surface area contributed by atoms with Gasteiger partial charge in [-0.15, -0.1) is 0 Å². The smallest absolute Gasteiger partial charge is 0.318 e. The number of cyclic esters (lactones) is 4. The van der Waals surface area contributed by atoms with Crippen LogP contribution in [0.4, 0.5) is 0 Å². The summed E-state index contributed by atoms with van der Waals surface area (Å²) >= 11 is 0. The summed E-state index contributed by atoms with van der Waals surface area (Å²) in [6.07, 6.45) is 10.4. The second-order valence-corrected chi connectivity index (χ2v) is 15.2. The molecule has 12 aliphatic rings. The molecule has 12 atom stereocenters. The predicted octanol–water partition coefficient (Wildman–Crippen LogP) is 3.85. The zero-order chi connectivity index (χ0) is 24.9. The number of rotatable bonds is 0. The Morgan fingerprint density at radius 1 is 0.368 bits per heavy atom. The van der Waals surface area contributed by atoms with Crippen molar-refractivity contribution in [2.45, 2.75) is 51.4 Å². The molecule has 0 aromatic carbocycles. The van der Waals surface area contributed by atoms with Crippen LogP contribution in [-0.4, -0.2) is 23.9 Å². The average molecular weight is 513 g/mol. The Hall–Kier alpha value is -2.24. The summed E-state index contributed by atoms with van der Waals surface area (Å²) in [5.74, 6) is 6.94. The van der Waals surface area contributed by atoms with Crippen LogP contribution in [0, 0.1) is 94.7 Å². The largest absolute Gasteiger partial charge is 0.393 e. The van der Waals surface area contributed by atoms with E-state index in [-0.39, 0.29) is 47.5 Å². The Labute approximate surface area is 220 Å². The van der Waals surface area contributed by atoms with E-state index in [4.69, 9.17) is 9.47 Å². The Morgan fingerprint density at radius 2 is 0.658 bits per heavy atom. The molecule has 0 spiro atoms. The van der Waals surface area contributed by atoms with Gasteiger partial charge in [-0.25, -0.2) is 0 Å². The molecule has 2 aliphatic heterocycles. The predicted molar refractivity (Wildman–Crippen MR) is 129 cm³/mol. The lowest BCUT2D eigenvalue weighted by molar-refractivity contribution is -0.156. The first-order valence-electron chi connectivity index (χ1n) is 15.5. The lowest BCUT2D eigenvalue weighted by atomic mass is 9.76. The minimum Gasteiger partial charge on any atom is -0.393 e. The van der Waals surface area contributed by atoms with E-state index in [0.29, 0.717) is 23.7 Å². The lowest BCUT2D eigenvalue weighted by Crippen LogP contribution is -2.27. The highest BCUT2D eigenvalue weighted by Crippen LogP contribution is 2.74. The van der Waals surface area contributed by atoms with Gasteiger partial charge < -0.3 is 9.47 Å². The quantitative estimate of drug-likeness (QED) is 0.278. The monoisotopic (exact) mass is 512 g/mol. The van der Waals surface area contributed by atoms with Gasteiger partial charge in [-0.3, -0.25) is 19.2 Å². The Kier molecular flexibility index (Phi) is 3.38. The van der Waals surface area contributed by atoms with Crippen molar-refractivity contribution in [3.63, 3.8) is 0 Å². The van der Waals surface area contributed by atoms with Crippen LogP contribution in [-0.2, 0) is 28.7 Å². The standard InChI is InChI=1S/2C16H16O3/c2*17-15-13-9-4-10(14(13)16(18)19-15)12-8-3-5-1-6(8)7(2-5)11(9)12/h2*5-10,13-14H,1-4H2. The second-order valence-electron chi connectivity index (χ2n) is 15.2. The third kappa shape index (κ3) is 2.03. The van der Waals surface area contributed by atoms with E-state index in [0.717, 1.165) is 60.2 Å². The van der Waals surface area contributed by atoms with Crippen molar-refractivity contribution in [3.05, 3.63) is 22.3 Å². The van der Waals surface area contributed by atoms with Crippen LogP contribution in [0.25, 0.3) is 0 Å². The summed E-state index contributed by atoms with van der Waals surface area (Å²) < 4.78 is 9.86. The molecule has 0 amide bonds. The molecule has 0 radical (unpaired) electrons. The summed E-state index contributed by atoms with van der Waals surface area (Å²) in [7, 11) is 0. The molecule has 0 aromatic heterocycles. The van der Waals surface area contributed by atoms with Gasteiger partial charge in [-0.1, -0.05) is 22.3 Å². The van der Waals surface area contributed by atoms with E-state index in [2.05, 4.69) is 0 Å². The van der Waals surface area contributed by atoms with Gasteiger partial charge in [0.05, 0.1) is 23.7 Å². The van der Waals surface area contributed by atoms with E-state index in [1.807, 2.05) is 0 Å². The summed E-state index contributed by atoms with van der Waals surface area (Å²) in [5, 5.41) is 0. The van der Waals surface area contributed by atoms with Crippen LogP contribution in [0.3, 0.4) is 0 Å². The van der Waals surface area contributed by atoms with Gasteiger partial charge in [0.25, 0.3) is 0 Å². The van der Waals surface area contributed by atoms with Gasteiger partial charge in [-0.2, -0.15) is 0 Å². The molecule has 196 valence electrons. The third-order valence-corrected chi connectivity index (χ3v) is 14.5. The number of allylic oxidation sites excluding steroid dienone is 4. The molecule has 6 heteroatoms. The first kappa shape index (κ1) is 20.6. The van der Waals surface area contributed by atoms with Crippen molar-refractivity contribution in [2.75, 3.05) is 0 Å². The molecule has 10 aliphatic carbocycles. The van der Waals surface area contributed by atoms with Gasteiger partial charge in [0.1, 0.15) is 0 Å². The van der Waals surface area contributed by atoms with Crippen molar-refractivity contribution in [2.24, 2.45) is 94.7 Å². The van der Waals surface area contributed by atoms with Crippen LogP contribution >= 0.6 is 0 Å². The van der Waals surface area contributed by atoms with Crippen LogP contribution in [0.15, 0.2) is 22.3 Å². The maximum Gasteiger partial charge on any atom is 0.318 e. The highest BCUT2D eigenvalue weighted by Gasteiger charge is 2.70. The molecule has 12 unspecified atom stereocenters. The van der Waals surface area contributed by atoms with E-state index < -0.39 is 0 Å². The van der Waals surface area contributed by atoms with Gasteiger partial charge >= 0.3 is 23.9 Å². The molecule has 8 bridgehead atoms. The zero-order valence-electron chi connectivity index (χ0n) is 21.3. The number of esters is 4. The van der Waals surface area contributed by atoms with Gasteiger partial charge in [0.2, 0.25) is 0 Å². The highest BCUT2D eigenvalue weighted by molar-refractivity contribution is 5.99. The summed E-state index contributed by atoms with van der Waals surface area (Å²) in [6, 6.07) is 0. The van der Waals surface area contributed by atoms with E-state index >= 15 is 0 Å². The van der Waals surface area contributed by atoms with Crippen LogP contribution < -0.4 is 0 Å². The molecular weight excluding hydrogens is 480 g/mol. The minimum absolute atomic E-state index is 0.104. The molecule has 0 aromatic rings. The second kappa shape index (κ2) is 6.23. The van der Waals surface area contributed by atoms with Crippen molar-refractivity contribution in [3.8, 4) is 0 Å². The number of hydrogen-bond donors (Lipinski definition) is 0. The number of carbonyl (C=O) groups is 4. The number of fused-ring (bicyclic) bond motifs is 20. The fourth-order valence-electron chi connectivity index (χ4n) is 14.1. The molecule has 2 heterocycles. The highest BCUT2D eigenvalue weighted by atomic mass is 16.6. The topological polar surface area (TPSA) is 86.7 Å². The number of ether oxygens (including phenoxy) is 2. The molecule has 6 saturated carbocycles. The normalized spacial score (nSPS) is 59.2. The molecule has 0 N–H and O–H groups in total. The fourth-order valence-corrected chi connectivity index (χ4v) is 14.1.